The number of carbonyl (C=O) groups excluding carboxylic acids is 2. The predicted octanol–water partition coefficient (Wildman–Crippen LogP) is 6.14. The molecule has 0 bridgehead atoms. The van der Waals surface area contributed by atoms with E-state index in [1.807, 2.05) is 62.4 Å². The maximum Gasteiger partial charge on any atom is 0.243 e. The molecule has 0 radical (unpaired) electrons. The van der Waals surface area contributed by atoms with Crippen LogP contribution in [0.5, 0.6) is 0 Å². The van der Waals surface area contributed by atoms with Crippen molar-refractivity contribution in [3.63, 3.8) is 0 Å². The van der Waals surface area contributed by atoms with Crippen molar-refractivity contribution in [3.05, 3.63) is 70.2 Å². The van der Waals surface area contributed by atoms with Crippen LogP contribution in [-0.4, -0.2) is 34.6 Å². The zero-order valence-electron chi connectivity index (χ0n) is 19.7. The summed E-state index contributed by atoms with van der Waals surface area (Å²) in [6, 6.07) is 15.6. The van der Waals surface area contributed by atoms with Crippen LogP contribution in [0.15, 0.2) is 48.5 Å². The van der Waals surface area contributed by atoms with Crippen molar-refractivity contribution in [1.82, 2.24) is 10.2 Å². The number of halogens is 1. The van der Waals surface area contributed by atoms with Gasteiger partial charge in [0.15, 0.2) is 0 Å². The SMILES string of the molecule is CC[C@H](C(=O)NC1CCCCC1)N(Cc1ccc(C)cc1)C(=O)CSCc1ccccc1Cl. The molecule has 0 unspecified atom stereocenters. The Morgan fingerprint density at radius 2 is 1.79 bits per heavy atom. The molecule has 2 aromatic carbocycles. The summed E-state index contributed by atoms with van der Waals surface area (Å²) >= 11 is 7.81. The number of benzene rings is 2. The summed E-state index contributed by atoms with van der Waals surface area (Å²) in [7, 11) is 0. The molecular weight excluding hydrogens is 452 g/mol. The highest BCUT2D eigenvalue weighted by molar-refractivity contribution is 7.99. The lowest BCUT2D eigenvalue weighted by Crippen LogP contribution is -2.52. The average molecular weight is 487 g/mol. The van der Waals surface area contributed by atoms with Gasteiger partial charge < -0.3 is 10.2 Å². The molecule has 0 spiro atoms. The Morgan fingerprint density at radius 3 is 2.45 bits per heavy atom. The minimum absolute atomic E-state index is 0.0155. The summed E-state index contributed by atoms with van der Waals surface area (Å²) in [4.78, 5) is 28.4. The highest BCUT2D eigenvalue weighted by atomic mass is 35.5. The topological polar surface area (TPSA) is 49.4 Å². The predicted molar refractivity (Wildman–Crippen MR) is 138 cm³/mol. The van der Waals surface area contributed by atoms with Crippen LogP contribution < -0.4 is 5.32 Å². The summed E-state index contributed by atoms with van der Waals surface area (Å²) < 4.78 is 0. The quantitative estimate of drug-likeness (QED) is 0.439. The molecule has 178 valence electrons. The van der Waals surface area contributed by atoms with E-state index in [9.17, 15) is 9.59 Å². The normalized spacial score (nSPS) is 15.1. The van der Waals surface area contributed by atoms with Crippen molar-refractivity contribution < 1.29 is 9.59 Å². The molecule has 0 saturated heterocycles. The highest BCUT2D eigenvalue weighted by Gasteiger charge is 2.30. The van der Waals surface area contributed by atoms with Crippen molar-refractivity contribution in [1.29, 1.82) is 0 Å². The third-order valence-corrected chi connectivity index (χ3v) is 7.59. The van der Waals surface area contributed by atoms with Crippen molar-refractivity contribution in [2.45, 2.75) is 76.8 Å². The van der Waals surface area contributed by atoms with Gasteiger partial charge in [-0.1, -0.05) is 85.8 Å². The largest absolute Gasteiger partial charge is 0.352 e. The Bertz CT molecular complexity index is 913. The van der Waals surface area contributed by atoms with Crippen LogP contribution in [0.1, 0.15) is 62.1 Å². The summed E-state index contributed by atoms with van der Waals surface area (Å²) in [5.41, 5.74) is 3.23. The highest BCUT2D eigenvalue weighted by Crippen LogP contribution is 2.23. The van der Waals surface area contributed by atoms with Gasteiger partial charge in [-0.15, -0.1) is 11.8 Å². The van der Waals surface area contributed by atoms with E-state index < -0.39 is 6.04 Å². The Labute approximate surface area is 207 Å². The second-order valence-corrected chi connectivity index (χ2v) is 10.3. The van der Waals surface area contributed by atoms with Gasteiger partial charge in [0.1, 0.15) is 6.04 Å². The number of rotatable bonds is 10. The first kappa shape index (κ1) is 25.6. The van der Waals surface area contributed by atoms with Gasteiger partial charge in [0.05, 0.1) is 5.75 Å². The van der Waals surface area contributed by atoms with Gasteiger partial charge in [0, 0.05) is 23.4 Å². The zero-order valence-corrected chi connectivity index (χ0v) is 21.3. The monoisotopic (exact) mass is 486 g/mol. The van der Waals surface area contributed by atoms with Gasteiger partial charge in [-0.3, -0.25) is 9.59 Å². The molecule has 3 rings (SSSR count). The van der Waals surface area contributed by atoms with Gasteiger partial charge in [-0.05, 0) is 43.4 Å². The van der Waals surface area contributed by atoms with E-state index in [1.54, 1.807) is 4.90 Å². The molecular formula is C27H35ClN2O2S. The number of hydrogen-bond acceptors (Lipinski definition) is 3. The Morgan fingerprint density at radius 1 is 1.09 bits per heavy atom. The summed E-state index contributed by atoms with van der Waals surface area (Å²) in [5.74, 6) is 0.929. The van der Waals surface area contributed by atoms with E-state index in [4.69, 9.17) is 11.6 Å². The number of nitrogens with one attached hydrogen (secondary N) is 1. The van der Waals surface area contributed by atoms with Crippen LogP contribution in [-0.2, 0) is 21.9 Å². The Hall–Kier alpha value is -1.98. The standard InChI is InChI=1S/C27H35ClN2O2S/c1-3-25(27(32)29-23-10-5-4-6-11-23)30(17-21-15-13-20(2)14-16-21)26(31)19-33-18-22-9-7-8-12-24(22)28/h7-9,12-16,23,25H,3-6,10-11,17-19H2,1-2H3,(H,29,32)/t25-/m1/s1. The van der Waals surface area contributed by atoms with E-state index >= 15 is 0 Å². The van der Waals surface area contributed by atoms with Crippen LogP contribution in [0.2, 0.25) is 5.02 Å². The molecule has 4 nitrogen and oxygen atoms in total. The second kappa shape index (κ2) is 13.0. The summed E-state index contributed by atoms with van der Waals surface area (Å²) in [5, 5.41) is 3.95. The Kier molecular flexibility index (Phi) is 10.1. The molecule has 2 amide bonds. The fourth-order valence-corrected chi connectivity index (χ4v) is 5.50. The fraction of sp³-hybridized carbons (Fsp3) is 0.481. The maximum atomic E-state index is 13.4. The fourth-order valence-electron chi connectivity index (χ4n) is 4.30. The van der Waals surface area contributed by atoms with Crippen LogP contribution in [0.25, 0.3) is 0 Å². The van der Waals surface area contributed by atoms with Crippen molar-refractivity contribution in [2.75, 3.05) is 5.75 Å². The average Bonchev–Trinajstić information content (AvgIpc) is 2.82. The number of hydrogen-bond donors (Lipinski definition) is 1. The number of carbonyl (C=O) groups is 2. The van der Waals surface area contributed by atoms with Crippen LogP contribution in [0, 0.1) is 6.92 Å². The molecule has 1 fully saturated rings. The molecule has 1 atom stereocenters. The number of thioether (sulfide) groups is 1. The first-order valence-electron chi connectivity index (χ1n) is 11.9. The van der Waals surface area contributed by atoms with E-state index in [-0.39, 0.29) is 17.9 Å². The lowest BCUT2D eigenvalue weighted by molar-refractivity contribution is -0.139. The number of amides is 2. The van der Waals surface area contributed by atoms with Crippen LogP contribution in [0.4, 0.5) is 0 Å². The molecule has 33 heavy (non-hydrogen) atoms. The molecule has 0 heterocycles. The summed E-state index contributed by atoms with van der Waals surface area (Å²) in [6.07, 6.45) is 6.21. The zero-order chi connectivity index (χ0) is 23.6. The lowest BCUT2D eigenvalue weighted by Gasteiger charge is -2.32. The van der Waals surface area contributed by atoms with E-state index in [2.05, 4.69) is 5.32 Å². The molecule has 1 aliphatic rings. The minimum atomic E-state index is -0.471. The first-order valence-corrected chi connectivity index (χ1v) is 13.5. The van der Waals surface area contributed by atoms with Gasteiger partial charge in [-0.2, -0.15) is 0 Å². The molecule has 0 aromatic heterocycles. The Balaban J connectivity index is 1.70. The molecule has 1 aliphatic carbocycles. The van der Waals surface area contributed by atoms with Crippen LogP contribution >= 0.6 is 23.4 Å². The molecule has 0 aliphatic heterocycles. The van der Waals surface area contributed by atoms with E-state index in [0.29, 0.717) is 29.5 Å². The number of nitrogens with zero attached hydrogens (tertiary/aromatic N) is 1. The van der Waals surface area contributed by atoms with Gasteiger partial charge in [-0.25, -0.2) is 0 Å². The first-order chi connectivity index (χ1) is 16.0. The molecule has 1 saturated carbocycles. The third-order valence-electron chi connectivity index (χ3n) is 6.25. The van der Waals surface area contributed by atoms with E-state index in [1.165, 1.54) is 23.7 Å². The third kappa shape index (κ3) is 7.79. The van der Waals surface area contributed by atoms with Gasteiger partial charge in [0.2, 0.25) is 11.8 Å². The van der Waals surface area contributed by atoms with E-state index in [0.717, 1.165) is 36.8 Å². The summed E-state index contributed by atoms with van der Waals surface area (Å²) in [6.45, 7) is 4.46. The van der Waals surface area contributed by atoms with Crippen LogP contribution in [0.3, 0.4) is 0 Å². The van der Waals surface area contributed by atoms with Crippen molar-refractivity contribution in [3.8, 4) is 0 Å². The number of aryl methyl sites for hydroxylation is 1. The van der Waals surface area contributed by atoms with Gasteiger partial charge in [0.25, 0.3) is 0 Å². The molecule has 2 aromatic rings. The smallest absolute Gasteiger partial charge is 0.243 e. The second-order valence-electron chi connectivity index (χ2n) is 8.86. The lowest BCUT2D eigenvalue weighted by atomic mass is 9.95. The van der Waals surface area contributed by atoms with Gasteiger partial charge >= 0.3 is 0 Å². The maximum absolute atomic E-state index is 13.4. The molecule has 6 heteroatoms. The minimum Gasteiger partial charge on any atom is -0.352 e. The van der Waals surface area contributed by atoms with Crippen molar-refractivity contribution >= 4 is 35.2 Å². The molecule has 1 N–H and O–H groups in total. The van der Waals surface area contributed by atoms with Crippen molar-refractivity contribution in [2.24, 2.45) is 0 Å².